The van der Waals surface area contributed by atoms with Gasteiger partial charge in [0.2, 0.25) is 5.91 Å². The average Bonchev–Trinajstić information content (AvgIpc) is 2.83. The quantitative estimate of drug-likeness (QED) is 0.393. The summed E-state index contributed by atoms with van der Waals surface area (Å²) in [5.41, 5.74) is 2.00. The van der Waals surface area contributed by atoms with Gasteiger partial charge in [-0.05, 0) is 67.1 Å². The molecule has 0 aromatic heterocycles. The average molecular weight is 434 g/mol. The molecule has 0 heterocycles. The molecule has 0 saturated heterocycles. The van der Waals surface area contributed by atoms with Crippen LogP contribution >= 0.6 is 0 Å². The molecular formula is C25H27N3O4. The van der Waals surface area contributed by atoms with Crippen molar-refractivity contribution in [3.63, 3.8) is 0 Å². The van der Waals surface area contributed by atoms with Crippen molar-refractivity contribution < 1.29 is 19.1 Å². The van der Waals surface area contributed by atoms with Crippen molar-refractivity contribution in [1.82, 2.24) is 5.32 Å². The summed E-state index contributed by atoms with van der Waals surface area (Å²) in [6, 6.07) is 23.7. The molecule has 32 heavy (non-hydrogen) atoms. The van der Waals surface area contributed by atoms with Crippen molar-refractivity contribution in [2.45, 2.75) is 6.42 Å². The summed E-state index contributed by atoms with van der Waals surface area (Å²) in [5.74, 6) is 1.13. The molecule has 0 aliphatic carbocycles. The lowest BCUT2D eigenvalue weighted by Crippen LogP contribution is -2.25. The molecule has 0 atom stereocenters. The first kappa shape index (κ1) is 22.8. The van der Waals surface area contributed by atoms with Crippen LogP contribution in [0.5, 0.6) is 11.5 Å². The van der Waals surface area contributed by atoms with Crippen molar-refractivity contribution >= 4 is 23.2 Å². The topological polar surface area (TPSA) is 88.7 Å². The van der Waals surface area contributed by atoms with Crippen LogP contribution in [0.25, 0.3) is 0 Å². The minimum atomic E-state index is -0.179. The maximum absolute atomic E-state index is 12.2. The van der Waals surface area contributed by atoms with Gasteiger partial charge < -0.3 is 25.4 Å². The van der Waals surface area contributed by atoms with Crippen LogP contribution in [0, 0.1) is 0 Å². The molecule has 166 valence electrons. The summed E-state index contributed by atoms with van der Waals surface area (Å²) in [6.45, 7) is 1.27. The predicted octanol–water partition coefficient (Wildman–Crippen LogP) is 4.30. The van der Waals surface area contributed by atoms with Crippen molar-refractivity contribution in [2.24, 2.45) is 0 Å². The highest BCUT2D eigenvalue weighted by Crippen LogP contribution is 2.22. The van der Waals surface area contributed by atoms with E-state index in [1.807, 2.05) is 30.3 Å². The second-order valence-corrected chi connectivity index (χ2v) is 7.02. The third-order valence-electron chi connectivity index (χ3n) is 4.53. The van der Waals surface area contributed by atoms with Crippen LogP contribution < -0.4 is 20.7 Å². The summed E-state index contributed by atoms with van der Waals surface area (Å²) < 4.78 is 10.7. The molecule has 2 amide bonds. The number of para-hydroxylation sites is 1. The van der Waals surface area contributed by atoms with Gasteiger partial charge in [0.25, 0.3) is 5.91 Å². The first-order valence-corrected chi connectivity index (χ1v) is 10.4. The molecule has 0 unspecified atom stereocenters. The molecule has 0 aliphatic heterocycles. The highest BCUT2D eigenvalue weighted by molar-refractivity contribution is 5.95. The molecule has 3 aromatic rings. The fraction of sp³-hybridized carbons (Fsp3) is 0.200. The van der Waals surface area contributed by atoms with Crippen molar-refractivity contribution in [2.75, 3.05) is 37.4 Å². The number of hydrogen-bond donors (Lipinski definition) is 3. The standard InChI is InChI=1S/C25H27N3O4/c1-31-17-5-16-26-25(30)19-8-10-20(11-9-19)27-18-24(29)28-21-12-14-23(15-13-21)32-22-6-3-2-4-7-22/h2-4,6-15,27H,5,16-18H2,1H3,(H,26,30)(H,28,29). The van der Waals surface area contributed by atoms with Gasteiger partial charge in [-0.3, -0.25) is 9.59 Å². The second-order valence-electron chi connectivity index (χ2n) is 7.02. The largest absolute Gasteiger partial charge is 0.457 e. The highest BCUT2D eigenvalue weighted by Gasteiger charge is 2.06. The number of anilines is 2. The monoisotopic (exact) mass is 433 g/mol. The Kier molecular flexibility index (Phi) is 8.65. The normalized spacial score (nSPS) is 10.3. The molecular weight excluding hydrogens is 406 g/mol. The molecule has 0 aliphatic rings. The van der Waals surface area contributed by atoms with E-state index in [0.717, 1.165) is 17.9 Å². The van der Waals surface area contributed by atoms with Gasteiger partial charge in [-0.25, -0.2) is 0 Å². The first-order valence-electron chi connectivity index (χ1n) is 10.4. The van der Waals surface area contributed by atoms with E-state index >= 15 is 0 Å². The Morgan fingerprint density at radius 2 is 1.47 bits per heavy atom. The second kappa shape index (κ2) is 12.1. The Hall–Kier alpha value is -3.84. The molecule has 0 spiro atoms. The highest BCUT2D eigenvalue weighted by atomic mass is 16.5. The Morgan fingerprint density at radius 1 is 0.812 bits per heavy atom. The summed E-state index contributed by atoms with van der Waals surface area (Å²) >= 11 is 0. The van der Waals surface area contributed by atoms with Crippen LogP contribution in [0.3, 0.4) is 0 Å². The maximum Gasteiger partial charge on any atom is 0.251 e. The molecule has 0 radical (unpaired) electrons. The molecule has 0 saturated carbocycles. The van der Waals surface area contributed by atoms with Crippen LogP contribution in [0.4, 0.5) is 11.4 Å². The van der Waals surface area contributed by atoms with Gasteiger partial charge in [-0.2, -0.15) is 0 Å². The molecule has 0 fully saturated rings. The fourth-order valence-corrected chi connectivity index (χ4v) is 2.88. The SMILES string of the molecule is COCCCNC(=O)c1ccc(NCC(=O)Nc2ccc(Oc3ccccc3)cc2)cc1. The van der Waals surface area contributed by atoms with Gasteiger partial charge in [-0.15, -0.1) is 0 Å². The minimum Gasteiger partial charge on any atom is -0.457 e. The Balaban J connectivity index is 1.42. The summed E-state index contributed by atoms with van der Waals surface area (Å²) in [5, 5.41) is 8.72. The van der Waals surface area contributed by atoms with Gasteiger partial charge in [0, 0.05) is 37.2 Å². The third-order valence-corrected chi connectivity index (χ3v) is 4.53. The van der Waals surface area contributed by atoms with E-state index in [4.69, 9.17) is 9.47 Å². The number of ether oxygens (including phenoxy) is 2. The number of nitrogens with one attached hydrogen (secondary N) is 3. The summed E-state index contributed by atoms with van der Waals surface area (Å²) in [6.07, 6.45) is 0.764. The Morgan fingerprint density at radius 3 is 2.16 bits per heavy atom. The lowest BCUT2D eigenvalue weighted by atomic mass is 10.2. The minimum absolute atomic E-state index is 0.102. The van der Waals surface area contributed by atoms with Gasteiger partial charge in [0.1, 0.15) is 11.5 Å². The van der Waals surface area contributed by atoms with Crippen molar-refractivity contribution in [1.29, 1.82) is 0 Å². The van der Waals surface area contributed by atoms with E-state index in [9.17, 15) is 9.59 Å². The zero-order chi connectivity index (χ0) is 22.6. The lowest BCUT2D eigenvalue weighted by Gasteiger charge is -2.10. The smallest absolute Gasteiger partial charge is 0.251 e. The number of amides is 2. The zero-order valence-electron chi connectivity index (χ0n) is 18.0. The number of hydrogen-bond acceptors (Lipinski definition) is 5. The predicted molar refractivity (Wildman–Crippen MR) is 125 cm³/mol. The maximum atomic E-state index is 12.2. The van der Waals surface area contributed by atoms with E-state index in [-0.39, 0.29) is 18.4 Å². The van der Waals surface area contributed by atoms with Crippen LogP contribution in [-0.2, 0) is 9.53 Å². The third kappa shape index (κ3) is 7.45. The van der Waals surface area contributed by atoms with E-state index in [1.165, 1.54) is 0 Å². The lowest BCUT2D eigenvalue weighted by molar-refractivity contribution is -0.114. The number of carbonyl (C=O) groups is 2. The van der Waals surface area contributed by atoms with Crippen LogP contribution in [0.1, 0.15) is 16.8 Å². The van der Waals surface area contributed by atoms with E-state index in [0.29, 0.717) is 30.2 Å². The molecule has 3 N–H and O–H groups in total. The fourth-order valence-electron chi connectivity index (χ4n) is 2.88. The van der Waals surface area contributed by atoms with Crippen molar-refractivity contribution in [3.05, 3.63) is 84.4 Å². The van der Waals surface area contributed by atoms with Gasteiger partial charge >= 0.3 is 0 Å². The number of methoxy groups -OCH3 is 1. The number of rotatable bonds is 11. The van der Waals surface area contributed by atoms with Crippen LogP contribution in [0.2, 0.25) is 0 Å². The molecule has 7 nitrogen and oxygen atoms in total. The van der Waals surface area contributed by atoms with Gasteiger partial charge in [-0.1, -0.05) is 18.2 Å². The molecule has 3 aromatic carbocycles. The Labute approximate surface area is 187 Å². The number of benzene rings is 3. The molecule has 7 heteroatoms. The van der Waals surface area contributed by atoms with E-state index in [1.54, 1.807) is 55.6 Å². The molecule has 3 rings (SSSR count). The summed E-state index contributed by atoms with van der Waals surface area (Å²) in [4.78, 5) is 24.3. The van der Waals surface area contributed by atoms with Gasteiger partial charge in [0.05, 0.1) is 6.54 Å². The van der Waals surface area contributed by atoms with Crippen molar-refractivity contribution in [3.8, 4) is 11.5 Å². The zero-order valence-corrected chi connectivity index (χ0v) is 18.0. The van der Waals surface area contributed by atoms with E-state index in [2.05, 4.69) is 16.0 Å². The Bertz CT molecular complexity index is 990. The van der Waals surface area contributed by atoms with Crippen LogP contribution in [0.15, 0.2) is 78.9 Å². The number of carbonyl (C=O) groups excluding carboxylic acids is 2. The van der Waals surface area contributed by atoms with E-state index < -0.39 is 0 Å². The van der Waals surface area contributed by atoms with Gasteiger partial charge in [0.15, 0.2) is 0 Å². The van der Waals surface area contributed by atoms with Crippen LogP contribution in [-0.4, -0.2) is 38.6 Å². The summed E-state index contributed by atoms with van der Waals surface area (Å²) in [7, 11) is 1.63. The first-order chi connectivity index (χ1) is 15.6. The molecule has 0 bridgehead atoms.